The lowest BCUT2D eigenvalue weighted by Gasteiger charge is -2.22. The first-order valence-corrected chi connectivity index (χ1v) is 5.83. The Kier molecular flexibility index (Phi) is 3.55. The Morgan fingerprint density at radius 3 is 2.89 bits per heavy atom. The maximum Gasteiger partial charge on any atom is 0.341 e. The van der Waals surface area contributed by atoms with Crippen molar-refractivity contribution in [1.82, 2.24) is 9.78 Å². The normalized spacial score (nSPS) is 16.1. The minimum absolute atomic E-state index is 0.356. The van der Waals surface area contributed by atoms with Gasteiger partial charge in [-0.05, 0) is 6.92 Å². The molecule has 1 aromatic heterocycles. The van der Waals surface area contributed by atoms with Crippen molar-refractivity contribution in [3.05, 3.63) is 30.5 Å². The lowest BCUT2D eigenvalue weighted by Crippen LogP contribution is -2.27. The van der Waals surface area contributed by atoms with Crippen LogP contribution in [0, 0.1) is 0 Å². The Balaban J connectivity index is 1.89. The average molecular weight is 252 g/mol. The highest BCUT2D eigenvalue weighted by molar-refractivity contribution is 5.88. The second kappa shape index (κ2) is 5.12. The van der Waals surface area contributed by atoms with Crippen molar-refractivity contribution in [2.45, 2.75) is 32.6 Å². The van der Waals surface area contributed by atoms with Crippen LogP contribution in [0.1, 0.15) is 30.6 Å². The van der Waals surface area contributed by atoms with Crippen molar-refractivity contribution in [1.29, 1.82) is 0 Å². The van der Waals surface area contributed by atoms with E-state index < -0.39 is 5.79 Å². The van der Waals surface area contributed by atoms with E-state index in [1.54, 1.807) is 17.8 Å². The van der Waals surface area contributed by atoms with Crippen LogP contribution in [0.2, 0.25) is 0 Å². The number of carbonyl (C=O) groups excluding carboxylic acids is 1. The van der Waals surface area contributed by atoms with Gasteiger partial charge in [0.1, 0.15) is 12.5 Å². The first-order chi connectivity index (χ1) is 8.63. The molecule has 0 aromatic carbocycles. The molecule has 2 heterocycles. The van der Waals surface area contributed by atoms with Gasteiger partial charge in [-0.2, -0.15) is 5.10 Å². The molecule has 2 rings (SSSR count). The van der Waals surface area contributed by atoms with E-state index in [-0.39, 0.29) is 5.97 Å². The zero-order valence-electron chi connectivity index (χ0n) is 10.5. The van der Waals surface area contributed by atoms with Gasteiger partial charge in [-0.25, -0.2) is 4.79 Å². The summed E-state index contributed by atoms with van der Waals surface area (Å²) in [5.41, 5.74) is 0.452. The molecule has 0 radical (unpaired) electrons. The molecule has 0 spiro atoms. The van der Waals surface area contributed by atoms with Crippen LogP contribution in [0.3, 0.4) is 0 Å². The van der Waals surface area contributed by atoms with Crippen LogP contribution in [0.5, 0.6) is 0 Å². The molecule has 6 heteroatoms. The fraction of sp³-hybridized carbons (Fsp3) is 0.500. The number of aromatic nitrogens is 2. The standard InChI is InChI=1S/C12H16N2O4/c1-3-16-11(15)10-8-13-14(9-10)5-4-12(2)17-6-7-18-12/h6-9H,3-5H2,1-2H3. The monoisotopic (exact) mass is 252 g/mol. The van der Waals surface area contributed by atoms with E-state index in [1.165, 1.54) is 18.7 Å². The molecule has 0 amide bonds. The van der Waals surface area contributed by atoms with Crippen LogP contribution >= 0.6 is 0 Å². The third-order valence-corrected chi connectivity index (χ3v) is 2.63. The molecule has 1 aromatic rings. The van der Waals surface area contributed by atoms with Crippen LogP contribution < -0.4 is 0 Å². The molecule has 0 saturated carbocycles. The highest BCUT2D eigenvalue weighted by Gasteiger charge is 2.29. The Labute approximate surface area is 105 Å². The van der Waals surface area contributed by atoms with E-state index in [0.29, 0.717) is 25.1 Å². The molecule has 1 aliphatic rings. The molecule has 0 fully saturated rings. The van der Waals surface area contributed by atoms with Crippen molar-refractivity contribution in [2.75, 3.05) is 6.61 Å². The van der Waals surface area contributed by atoms with E-state index in [9.17, 15) is 4.79 Å². The summed E-state index contributed by atoms with van der Waals surface area (Å²) in [5, 5.41) is 4.10. The summed E-state index contributed by atoms with van der Waals surface area (Å²) in [6, 6.07) is 0. The first kappa shape index (κ1) is 12.5. The Morgan fingerprint density at radius 1 is 1.50 bits per heavy atom. The van der Waals surface area contributed by atoms with Gasteiger partial charge in [0.2, 0.25) is 5.79 Å². The average Bonchev–Trinajstić information content (AvgIpc) is 2.96. The fourth-order valence-electron chi connectivity index (χ4n) is 1.61. The Morgan fingerprint density at radius 2 is 2.22 bits per heavy atom. The molecule has 0 atom stereocenters. The third-order valence-electron chi connectivity index (χ3n) is 2.63. The van der Waals surface area contributed by atoms with E-state index >= 15 is 0 Å². The number of hydrogen-bond acceptors (Lipinski definition) is 5. The highest BCUT2D eigenvalue weighted by atomic mass is 16.7. The zero-order chi connectivity index (χ0) is 13.0. The molecule has 6 nitrogen and oxygen atoms in total. The zero-order valence-corrected chi connectivity index (χ0v) is 10.5. The van der Waals surface area contributed by atoms with Gasteiger partial charge in [0.15, 0.2) is 0 Å². The van der Waals surface area contributed by atoms with Crippen molar-refractivity contribution >= 4 is 5.97 Å². The number of hydrogen-bond donors (Lipinski definition) is 0. The summed E-state index contributed by atoms with van der Waals surface area (Å²) >= 11 is 0. The maximum atomic E-state index is 11.4. The van der Waals surface area contributed by atoms with Crippen LogP contribution in [0.4, 0.5) is 0 Å². The summed E-state index contributed by atoms with van der Waals surface area (Å²) in [7, 11) is 0. The van der Waals surface area contributed by atoms with Crippen molar-refractivity contribution in [2.24, 2.45) is 0 Å². The van der Waals surface area contributed by atoms with Crippen LogP contribution in [0.25, 0.3) is 0 Å². The summed E-state index contributed by atoms with van der Waals surface area (Å²) < 4.78 is 17.2. The molecule has 0 N–H and O–H groups in total. The highest BCUT2D eigenvalue weighted by Crippen LogP contribution is 2.23. The lowest BCUT2D eigenvalue weighted by molar-refractivity contribution is -0.133. The topological polar surface area (TPSA) is 62.6 Å². The molecule has 0 saturated heterocycles. The largest absolute Gasteiger partial charge is 0.462 e. The number of rotatable bonds is 5. The lowest BCUT2D eigenvalue weighted by atomic mass is 10.2. The second-order valence-electron chi connectivity index (χ2n) is 4.10. The number of nitrogens with zero attached hydrogens (tertiary/aromatic N) is 2. The molecular formula is C12H16N2O4. The molecular weight excluding hydrogens is 236 g/mol. The fourth-order valence-corrected chi connectivity index (χ4v) is 1.61. The quantitative estimate of drug-likeness (QED) is 0.746. The molecule has 1 aliphatic heterocycles. The summed E-state index contributed by atoms with van der Waals surface area (Å²) in [6.07, 6.45) is 6.82. The summed E-state index contributed by atoms with van der Waals surface area (Å²) in [4.78, 5) is 11.4. The molecule has 0 unspecified atom stereocenters. The van der Waals surface area contributed by atoms with Crippen LogP contribution in [-0.4, -0.2) is 28.1 Å². The summed E-state index contributed by atoms with van der Waals surface area (Å²) in [6.45, 7) is 4.57. The van der Waals surface area contributed by atoms with Crippen LogP contribution in [-0.2, 0) is 20.8 Å². The van der Waals surface area contributed by atoms with Crippen LogP contribution in [0.15, 0.2) is 24.9 Å². The second-order valence-corrected chi connectivity index (χ2v) is 4.10. The van der Waals surface area contributed by atoms with Gasteiger partial charge in [-0.15, -0.1) is 0 Å². The Hall–Kier alpha value is -1.98. The molecule has 18 heavy (non-hydrogen) atoms. The van der Waals surface area contributed by atoms with Gasteiger partial charge >= 0.3 is 5.97 Å². The van der Waals surface area contributed by atoms with E-state index in [4.69, 9.17) is 14.2 Å². The number of ether oxygens (including phenoxy) is 3. The van der Waals surface area contributed by atoms with E-state index in [2.05, 4.69) is 5.10 Å². The van der Waals surface area contributed by atoms with Gasteiger partial charge in [0.25, 0.3) is 0 Å². The first-order valence-electron chi connectivity index (χ1n) is 5.83. The molecule has 0 aliphatic carbocycles. The number of carbonyl (C=O) groups is 1. The number of esters is 1. The minimum atomic E-state index is -0.643. The van der Waals surface area contributed by atoms with Gasteiger partial charge in [-0.1, -0.05) is 0 Å². The summed E-state index contributed by atoms with van der Waals surface area (Å²) in [5.74, 6) is -0.999. The van der Waals surface area contributed by atoms with Gasteiger partial charge < -0.3 is 14.2 Å². The molecule has 98 valence electrons. The predicted octanol–water partition coefficient (Wildman–Crippen LogP) is 1.68. The third kappa shape index (κ3) is 2.82. The molecule has 0 bridgehead atoms. The van der Waals surface area contributed by atoms with Gasteiger partial charge in [-0.3, -0.25) is 4.68 Å². The van der Waals surface area contributed by atoms with Crippen molar-refractivity contribution in [3.63, 3.8) is 0 Å². The van der Waals surface area contributed by atoms with Gasteiger partial charge in [0, 0.05) is 26.1 Å². The minimum Gasteiger partial charge on any atom is -0.462 e. The predicted molar refractivity (Wildman–Crippen MR) is 62.5 cm³/mol. The van der Waals surface area contributed by atoms with E-state index in [0.717, 1.165) is 0 Å². The van der Waals surface area contributed by atoms with Crippen molar-refractivity contribution in [3.8, 4) is 0 Å². The van der Waals surface area contributed by atoms with Crippen molar-refractivity contribution < 1.29 is 19.0 Å². The van der Waals surface area contributed by atoms with E-state index in [1.807, 2.05) is 6.92 Å². The number of aryl methyl sites for hydroxylation is 1. The smallest absolute Gasteiger partial charge is 0.341 e. The SMILES string of the molecule is CCOC(=O)c1cnn(CCC2(C)OC=CO2)c1. The van der Waals surface area contributed by atoms with Gasteiger partial charge in [0.05, 0.1) is 18.4 Å². The maximum absolute atomic E-state index is 11.4. The Bertz CT molecular complexity index is 445.